The number of methoxy groups -OCH3 is 2. The fourth-order valence-electron chi connectivity index (χ4n) is 2.64. The zero-order chi connectivity index (χ0) is 18.9. The van der Waals surface area contributed by atoms with Gasteiger partial charge in [0.25, 0.3) is 0 Å². The summed E-state index contributed by atoms with van der Waals surface area (Å²) in [5.41, 5.74) is 1.31. The van der Waals surface area contributed by atoms with Crippen LogP contribution in [0.25, 0.3) is 0 Å². The number of amides is 1. The summed E-state index contributed by atoms with van der Waals surface area (Å²) in [7, 11) is 2.86. The first-order chi connectivity index (χ1) is 12.6. The molecule has 0 bridgehead atoms. The van der Waals surface area contributed by atoms with Gasteiger partial charge in [0.05, 0.1) is 32.7 Å². The lowest BCUT2D eigenvalue weighted by atomic mass is 10.2. The molecule has 26 heavy (non-hydrogen) atoms. The lowest BCUT2D eigenvalue weighted by Crippen LogP contribution is -2.33. The smallest absolute Gasteiger partial charge is 0.374 e. The number of ether oxygens (including phenoxy) is 2. The van der Waals surface area contributed by atoms with E-state index in [1.54, 1.807) is 25.3 Å². The SMILES string of the molecule is CCCN(CC(=O)Nc1ccccc1OC)Cc1ccoc1C(=O)OC. The number of benzene rings is 1. The lowest BCUT2D eigenvalue weighted by Gasteiger charge is -2.21. The van der Waals surface area contributed by atoms with Crippen LogP contribution >= 0.6 is 0 Å². The zero-order valence-electron chi connectivity index (χ0n) is 15.3. The normalized spacial score (nSPS) is 10.6. The molecule has 0 fully saturated rings. The van der Waals surface area contributed by atoms with Crippen LogP contribution in [-0.4, -0.2) is 44.1 Å². The fourth-order valence-corrected chi connectivity index (χ4v) is 2.64. The lowest BCUT2D eigenvalue weighted by molar-refractivity contribution is -0.117. The van der Waals surface area contributed by atoms with Crippen LogP contribution in [-0.2, 0) is 16.1 Å². The van der Waals surface area contributed by atoms with Crippen LogP contribution in [0.2, 0.25) is 0 Å². The van der Waals surface area contributed by atoms with E-state index in [2.05, 4.69) is 5.32 Å². The summed E-state index contributed by atoms with van der Waals surface area (Å²) in [5, 5.41) is 2.86. The maximum Gasteiger partial charge on any atom is 0.374 e. The van der Waals surface area contributed by atoms with Gasteiger partial charge in [-0.15, -0.1) is 0 Å². The average molecular weight is 360 g/mol. The van der Waals surface area contributed by atoms with E-state index in [9.17, 15) is 9.59 Å². The number of nitrogens with zero attached hydrogens (tertiary/aromatic N) is 1. The monoisotopic (exact) mass is 360 g/mol. The summed E-state index contributed by atoms with van der Waals surface area (Å²) >= 11 is 0. The Morgan fingerprint density at radius 2 is 1.96 bits per heavy atom. The largest absolute Gasteiger partial charge is 0.495 e. The fraction of sp³-hybridized carbons (Fsp3) is 0.368. The van der Waals surface area contributed by atoms with Crippen LogP contribution in [0.1, 0.15) is 29.5 Å². The third kappa shape index (κ3) is 5.10. The molecule has 0 atom stereocenters. The van der Waals surface area contributed by atoms with E-state index in [1.807, 2.05) is 24.0 Å². The molecule has 7 nitrogen and oxygen atoms in total. The van der Waals surface area contributed by atoms with Crippen molar-refractivity contribution in [3.05, 3.63) is 47.9 Å². The van der Waals surface area contributed by atoms with Gasteiger partial charge in [-0.1, -0.05) is 19.1 Å². The first-order valence-electron chi connectivity index (χ1n) is 8.39. The molecule has 0 aliphatic carbocycles. The van der Waals surface area contributed by atoms with Crippen LogP contribution in [0, 0.1) is 0 Å². The molecule has 2 aromatic rings. The second kappa shape index (κ2) is 9.62. The van der Waals surface area contributed by atoms with E-state index in [4.69, 9.17) is 13.9 Å². The Bertz CT molecular complexity index is 741. The highest BCUT2D eigenvalue weighted by atomic mass is 16.5. The Hall–Kier alpha value is -2.80. The third-order valence-electron chi connectivity index (χ3n) is 3.80. The molecule has 0 radical (unpaired) electrons. The highest BCUT2D eigenvalue weighted by molar-refractivity contribution is 5.93. The highest BCUT2D eigenvalue weighted by Gasteiger charge is 2.19. The Labute approximate surface area is 152 Å². The minimum absolute atomic E-state index is 0.161. The van der Waals surface area contributed by atoms with Gasteiger partial charge in [0.2, 0.25) is 11.7 Å². The molecule has 1 aromatic heterocycles. The van der Waals surface area contributed by atoms with E-state index >= 15 is 0 Å². The van der Waals surface area contributed by atoms with Crippen molar-refractivity contribution in [2.45, 2.75) is 19.9 Å². The summed E-state index contributed by atoms with van der Waals surface area (Å²) in [6.07, 6.45) is 2.31. The van der Waals surface area contributed by atoms with Crippen LogP contribution in [0.3, 0.4) is 0 Å². The molecule has 7 heteroatoms. The van der Waals surface area contributed by atoms with Crippen molar-refractivity contribution in [3.63, 3.8) is 0 Å². The standard InChI is InChI=1S/C19H24N2O5/c1-4-10-21(12-14-9-11-26-18(14)19(23)25-3)13-17(22)20-15-7-5-6-8-16(15)24-2/h5-9,11H,4,10,12-13H2,1-3H3,(H,20,22). The predicted molar refractivity (Wildman–Crippen MR) is 97.2 cm³/mol. The topological polar surface area (TPSA) is 81.0 Å². The van der Waals surface area contributed by atoms with Crippen LogP contribution < -0.4 is 10.1 Å². The van der Waals surface area contributed by atoms with Crippen molar-refractivity contribution in [2.75, 3.05) is 32.6 Å². The second-order valence-electron chi connectivity index (χ2n) is 5.73. The zero-order valence-corrected chi connectivity index (χ0v) is 15.3. The predicted octanol–water partition coefficient (Wildman–Crippen LogP) is 2.93. The van der Waals surface area contributed by atoms with Gasteiger partial charge in [0.15, 0.2) is 0 Å². The molecule has 0 unspecified atom stereocenters. The molecule has 1 amide bonds. The molecular formula is C19H24N2O5. The summed E-state index contributed by atoms with van der Waals surface area (Å²) in [4.78, 5) is 26.1. The molecule has 0 saturated heterocycles. The maximum atomic E-state index is 12.4. The molecule has 140 valence electrons. The van der Waals surface area contributed by atoms with Crippen molar-refractivity contribution in [1.82, 2.24) is 4.90 Å². The van der Waals surface area contributed by atoms with E-state index in [-0.39, 0.29) is 18.2 Å². The van der Waals surface area contributed by atoms with Gasteiger partial charge in [-0.3, -0.25) is 9.69 Å². The molecule has 0 saturated carbocycles. The molecule has 2 rings (SSSR count). The summed E-state index contributed by atoms with van der Waals surface area (Å²) < 4.78 is 15.2. The van der Waals surface area contributed by atoms with Gasteiger partial charge in [-0.05, 0) is 31.2 Å². The van der Waals surface area contributed by atoms with Gasteiger partial charge in [-0.2, -0.15) is 0 Å². The number of nitrogens with one attached hydrogen (secondary N) is 1. The Balaban J connectivity index is 2.05. The Morgan fingerprint density at radius 3 is 2.65 bits per heavy atom. The van der Waals surface area contributed by atoms with Crippen LogP contribution in [0.4, 0.5) is 5.69 Å². The Kier molecular flexibility index (Phi) is 7.23. The Morgan fingerprint density at radius 1 is 1.19 bits per heavy atom. The molecule has 0 aliphatic heterocycles. The molecule has 1 N–H and O–H groups in total. The minimum atomic E-state index is -0.528. The molecule has 1 heterocycles. The third-order valence-corrected chi connectivity index (χ3v) is 3.80. The average Bonchev–Trinajstić information content (AvgIpc) is 3.09. The number of hydrogen-bond acceptors (Lipinski definition) is 6. The first-order valence-corrected chi connectivity index (χ1v) is 8.39. The number of carbonyl (C=O) groups excluding carboxylic acids is 2. The van der Waals surface area contributed by atoms with Gasteiger partial charge in [-0.25, -0.2) is 4.79 Å². The maximum absolute atomic E-state index is 12.4. The number of esters is 1. The molecule has 0 aliphatic rings. The van der Waals surface area contributed by atoms with Crippen LogP contribution in [0.5, 0.6) is 5.75 Å². The van der Waals surface area contributed by atoms with Crippen molar-refractivity contribution in [1.29, 1.82) is 0 Å². The minimum Gasteiger partial charge on any atom is -0.495 e. The highest BCUT2D eigenvalue weighted by Crippen LogP contribution is 2.23. The number of rotatable bonds is 9. The van der Waals surface area contributed by atoms with Crippen molar-refractivity contribution in [2.24, 2.45) is 0 Å². The van der Waals surface area contributed by atoms with Gasteiger partial charge < -0.3 is 19.2 Å². The number of furan rings is 1. The van der Waals surface area contributed by atoms with Crippen LogP contribution in [0.15, 0.2) is 41.0 Å². The summed E-state index contributed by atoms with van der Waals surface area (Å²) in [6.45, 7) is 3.32. The van der Waals surface area contributed by atoms with Crippen molar-refractivity contribution >= 4 is 17.6 Å². The number of para-hydroxylation sites is 2. The number of carbonyl (C=O) groups is 2. The quantitative estimate of drug-likeness (QED) is 0.693. The van der Waals surface area contributed by atoms with Gasteiger partial charge >= 0.3 is 5.97 Å². The molecule has 1 aromatic carbocycles. The molecule has 0 spiro atoms. The summed E-state index contributed by atoms with van der Waals surface area (Å²) in [6, 6.07) is 8.95. The van der Waals surface area contributed by atoms with E-state index in [0.717, 1.165) is 6.42 Å². The van der Waals surface area contributed by atoms with Crippen molar-refractivity contribution < 1.29 is 23.5 Å². The van der Waals surface area contributed by atoms with Crippen molar-refractivity contribution in [3.8, 4) is 5.75 Å². The van der Waals surface area contributed by atoms with E-state index in [0.29, 0.717) is 30.1 Å². The summed E-state index contributed by atoms with van der Waals surface area (Å²) in [5.74, 6) is 0.0791. The van der Waals surface area contributed by atoms with E-state index in [1.165, 1.54) is 13.4 Å². The molecular weight excluding hydrogens is 336 g/mol. The van der Waals surface area contributed by atoms with Gasteiger partial charge in [0.1, 0.15) is 5.75 Å². The second-order valence-corrected chi connectivity index (χ2v) is 5.73. The number of anilines is 1. The van der Waals surface area contributed by atoms with Gasteiger partial charge in [0, 0.05) is 12.1 Å². The number of hydrogen-bond donors (Lipinski definition) is 1. The van der Waals surface area contributed by atoms with E-state index < -0.39 is 5.97 Å². The first kappa shape index (κ1) is 19.5.